The molecular formula is C17H22N4O2. The van der Waals surface area contributed by atoms with Crippen molar-refractivity contribution in [3.63, 3.8) is 0 Å². The van der Waals surface area contributed by atoms with Gasteiger partial charge in [0.2, 0.25) is 0 Å². The van der Waals surface area contributed by atoms with Crippen LogP contribution in [0.4, 0.5) is 0 Å². The van der Waals surface area contributed by atoms with Crippen molar-refractivity contribution in [1.82, 2.24) is 14.0 Å². The maximum absolute atomic E-state index is 12.4. The molecule has 1 saturated heterocycles. The molecule has 0 radical (unpaired) electrons. The highest BCUT2D eigenvalue weighted by Crippen LogP contribution is 2.26. The summed E-state index contributed by atoms with van der Waals surface area (Å²) in [7, 11) is 0. The number of nitrogens with zero attached hydrogens (tertiary/aromatic N) is 3. The van der Waals surface area contributed by atoms with Crippen LogP contribution in [0.3, 0.4) is 0 Å². The fourth-order valence-corrected chi connectivity index (χ4v) is 3.97. The zero-order valence-electron chi connectivity index (χ0n) is 13.4. The van der Waals surface area contributed by atoms with Crippen LogP contribution < -0.4 is 16.9 Å². The number of hydrogen-bond donors (Lipinski definition) is 1. The lowest BCUT2D eigenvalue weighted by atomic mass is 10.1. The fraction of sp³-hybridized carbons (Fsp3) is 0.529. The molecule has 4 heterocycles. The standard InChI is InChI=1S/C17H22N4O2/c1-11-8-16(23)20-10-13(9-19-6-4-12(18)5-7-19)21-15(22)3-2-14(11)17(20)21/h2-3,8,12-13H,4-7,9-10,18H2,1H3. The molecule has 23 heavy (non-hydrogen) atoms. The van der Waals surface area contributed by atoms with Crippen molar-refractivity contribution in [2.45, 2.75) is 38.4 Å². The summed E-state index contributed by atoms with van der Waals surface area (Å²) in [5.41, 5.74) is 7.64. The van der Waals surface area contributed by atoms with E-state index in [4.69, 9.17) is 5.73 Å². The van der Waals surface area contributed by atoms with E-state index in [1.54, 1.807) is 16.7 Å². The van der Waals surface area contributed by atoms with Gasteiger partial charge in [0.25, 0.3) is 11.1 Å². The monoisotopic (exact) mass is 314 g/mol. The Balaban J connectivity index is 1.75. The van der Waals surface area contributed by atoms with Gasteiger partial charge in [-0.3, -0.25) is 18.7 Å². The minimum Gasteiger partial charge on any atom is -0.328 e. The van der Waals surface area contributed by atoms with Gasteiger partial charge in [0.05, 0.1) is 6.04 Å². The highest BCUT2D eigenvalue weighted by atomic mass is 16.1. The normalized spacial score (nSPS) is 22.1. The molecule has 0 spiro atoms. The SMILES string of the molecule is Cc1cc(=O)n2c3c1ccc(=O)n3C(CN1CCC(N)CC1)C2. The Morgan fingerprint density at radius 1 is 1.17 bits per heavy atom. The van der Waals surface area contributed by atoms with E-state index in [1.807, 2.05) is 17.6 Å². The minimum absolute atomic E-state index is 0.0162. The third-order valence-corrected chi connectivity index (χ3v) is 5.25. The van der Waals surface area contributed by atoms with E-state index in [-0.39, 0.29) is 17.2 Å². The lowest BCUT2D eigenvalue weighted by Gasteiger charge is -2.32. The fourth-order valence-electron chi connectivity index (χ4n) is 3.97. The quantitative estimate of drug-likeness (QED) is 0.873. The van der Waals surface area contributed by atoms with E-state index < -0.39 is 0 Å². The van der Waals surface area contributed by atoms with E-state index in [1.165, 1.54) is 0 Å². The first-order chi connectivity index (χ1) is 11.0. The highest BCUT2D eigenvalue weighted by Gasteiger charge is 2.29. The smallest absolute Gasteiger partial charge is 0.252 e. The molecular weight excluding hydrogens is 292 g/mol. The third-order valence-electron chi connectivity index (χ3n) is 5.25. The van der Waals surface area contributed by atoms with Gasteiger partial charge in [-0.05, 0) is 44.5 Å². The van der Waals surface area contributed by atoms with Gasteiger partial charge in [0.1, 0.15) is 5.65 Å². The minimum atomic E-state index is -0.0209. The van der Waals surface area contributed by atoms with Crippen LogP contribution in [0.15, 0.2) is 27.8 Å². The second-order valence-corrected chi connectivity index (χ2v) is 6.85. The molecule has 2 aliphatic heterocycles. The summed E-state index contributed by atoms with van der Waals surface area (Å²) >= 11 is 0. The first-order valence-corrected chi connectivity index (χ1v) is 8.28. The molecule has 0 saturated carbocycles. The molecule has 6 nitrogen and oxygen atoms in total. The average Bonchev–Trinajstić information content (AvgIpc) is 2.90. The van der Waals surface area contributed by atoms with Crippen LogP contribution in [0, 0.1) is 6.92 Å². The average molecular weight is 314 g/mol. The number of piperidine rings is 1. The zero-order valence-corrected chi connectivity index (χ0v) is 13.4. The molecule has 2 aromatic heterocycles. The third kappa shape index (κ3) is 2.33. The first-order valence-electron chi connectivity index (χ1n) is 8.28. The van der Waals surface area contributed by atoms with Gasteiger partial charge >= 0.3 is 0 Å². The van der Waals surface area contributed by atoms with Crippen LogP contribution >= 0.6 is 0 Å². The summed E-state index contributed by atoms with van der Waals surface area (Å²) in [6.07, 6.45) is 2.00. The Kier molecular flexibility index (Phi) is 3.39. The van der Waals surface area contributed by atoms with Crippen LogP contribution in [-0.4, -0.2) is 39.7 Å². The van der Waals surface area contributed by atoms with E-state index in [0.29, 0.717) is 12.6 Å². The molecule has 4 rings (SSSR count). The van der Waals surface area contributed by atoms with Crippen molar-refractivity contribution >= 4 is 11.0 Å². The van der Waals surface area contributed by atoms with E-state index >= 15 is 0 Å². The van der Waals surface area contributed by atoms with Gasteiger partial charge in [-0.25, -0.2) is 0 Å². The first kappa shape index (κ1) is 14.7. The zero-order chi connectivity index (χ0) is 16.1. The molecule has 2 aliphatic rings. The molecule has 0 aliphatic carbocycles. The molecule has 1 atom stereocenters. The van der Waals surface area contributed by atoms with E-state index in [0.717, 1.165) is 49.1 Å². The van der Waals surface area contributed by atoms with Crippen LogP contribution in [0.2, 0.25) is 0 Å². The van der Waals surface area contributed by atoms with Crippen LogP contribution in [0.1, 0.15) is 24.4 Å². The molecule has 1 unspecified atom stereocenters. The molecule has 1 fully saturated rings. The Bertz CT molecular complexity index is 875. The maximum atomic E-state index is 12.4. The van der Waals surface area contributed by atoms with Crippen molar-refractivity contribution < 1.29 is 0 Å². The van der Waals surface area contributed by atoms with Gasteiger partial charge in [0.15, 0.2) is 0 Å². The number of aryl methyl sites for hydroxylation is 1. The van der Waals surface area contributed by atoms with Gasteiger partial charge in [0, 0.05) is 36.7 Å². The number of likely N-dealkylation sites (tertiary alicyclic amines) is 1. The van der Waals surface area contributed by atoms with Crippen LogP contribution in [0.25, 0.3) is 11.0 Å². The Morgan fingerprint density at radius 3 is 2.65 bits per heavy atom. The molecule has 0 amide bonds. The lowest BCUT2D eigenvalue weighted by molar-refractivity contribution is 0.183. The van der Waals surface area contributed by atoms with Gasteiger partial charge in [-0.2, -0.15) is 0 Å². The predicted octanol–water partition coefficient (Wildman–Crippen LogP) is 0.449. The molecule has 2 aromatic rings. The van der Waals surface area contributed by atoms with Crippen molar-refractivity contribution in [2.24, 2.45) is 5.73 Å². The van der Waals surface area contributed by atoms with Crippen LogP contribution in [-0.2, 0) is 6.54 Å². The number of rotatable bonds is 2. The maximum Gasteiger partial charge on any atom is 0.252 e. The molecule has 6 heteroatoms. The largest absolute Gasteiger partial charge is 0.328 e. The Morgan fingerprint density at radius 2 is 1.91 bits per heavy atom. The number of nitrogens with two attached hydrogens (primary N) is 1. The van der Waals surface area contributed by atoms with Crippen molar-refractivity contribution in [2.75, 3.05) is 19.6 Å². The van der Waals surface area contributed by atoms with E-state index in [2.05, 4.69) is 4.90 Å². The Hall–Kier alpha value is -1.92. The number of hydrogen-bond acceptors (Lipinski definition) is 4. The van der Waals surface area contributed by atoms with Gasteiger partial charge in [-0.1, -0.05) is 0 Å². The summed E-state index contributed by atoms with van der Waals surface area (Å²) < 4.78 is 3.57. The summed E-state index contributed by atoms with van der Waals surface area (Å²) in [4.78, 5) is 27.1. The van der Waals surface area contributed by atoms with Gasteiger partial charge in [-0.15, -0.1) is 0 Å². The summed E-state index contributed by atoms with van der Waals surface area (Å²) in [6, 6.07) is 5.44. The lowest BCUT2D eigenvalue weighted by Crippen LogP contribution is -2.43. The summed E-state index contributed by atoms with van der Waals surface area (Å²) in [6.45, 7) is 5.23. The topological polar surface area (TPSA) is 73.3 Å². The molecule has 0 bridgehead atoms. The van der Waals surface area contributed by atoms with Crippen LogP contribution in [0.5, 0.6) is 0 Å². The second-order valence-electron chi connectivity index (χ2n) is 6.85. The molecule has 2 N–H and O–H groups in total. The van der Waals surface area contributed by atoms with Crippen molar-refractivity contribution in [1.29, 1.82) is 0 Å². The second kappa shape index (κ2) is 5.32. The predicted molar refractivity (Wildman–Crippen MR) is 89.9 cm³/mol. The van der Waals surface area contributed by atoms with Crippen molar-refractivity contribution in [3.8, 4) is 0 Å². The molecule has 122 valence electrons. The number of aromatic nitrogens is 2. The molecule has 0 aromatic carbocycles. The Labute approximate surface area is 134 Å². The summed E-state index contributed by atoms with van der Waals surface area (Å²) in [5, 5.41) is 0.993. The summed E-state index contributed by atoms with van der Waals surface area (Å²) in [5.74, 6) is 0. The van der Waals surface area contributed by atoms with E-state index in [9.17, 15) is 9.59 Å². The van der Waals surface area contributed by atoms with Crippen molar-refractivity contribution in [3.05, 3.63) is 44.5 Å². The highest BCUT2D eigenvalue weighted by molar-refractivity contribution is 5.80. The van der Waals surface area contributed by atoms with Gasteiger partial charge < -0.3 is 10.6 Å². The number of pyridine rings is 2.